The first-order valence-electron chi connectivity index (χ1n) is 6.69. The van der Waals surface area contributed by atoms with E-state index in [1.165, 1.54) is 38.8 Å². The highest BCUT2D eigenvalue weighted by Gasteiger charge is 2.36. The van der Waals surface area contributed by atoms with Crippen LogP contribution in [0.3, 0.4) is 0 Å². The van der Waals surface area contributed by atoms with E-state index in [9.17, 15) is 0 Å². The summed E-state index contributed by atoms with van der Waals surface area (Å²) in [5, 5.41) is 3.67. The third-order valence-corrected chi connectivity index (χ3v) is 4.15. The SMILES string of the molecule is CCCC1CN(C2CC(C)C2)C(C)CN1. The highest BCUT2D eigenvalue weighted by molar-refractivity contribution is 4.93. The van der Waals surface area contributed by atoms with Crippen LogP contribution in [0, 0.1) is 5.92 Å². The fourth-order valence-electron chi connectivity index (χ4n) is 3.13. The van der Waals surface area contributed by atoms with Crippen molar-refractivity contribution >= 4 is 0 Å². The Morgan fingerprint density at radius 2 is 2.00 bits per heavy atom. The zero-order valence-corrected chi connectivity index (χ0v) is 10.5. The minimum atomic E-state index is 0.746. The van der Waals surface area contributed by atoms with Crippen molar-refractivity contribution < 1.29 is 0 Å². The molecule has 2 heteroatoms. The molecule has 1 aliphatic carbocycles. The summed E-state index contributed by atoms with van der Waals surface area (Å²) in [6.07, 6.45) is 5.51. The standard InChI is InChI=1S/C13H26N2/c1-4-5-12-9-15(11(3)8-14-12)13-6-10(2)7-13/h10-14H,4-9H2,1-3H3. The summed E-state index contributed by atoms with van der Waals surface area (Å²) in [6.45, 7) is 9.52. The van der Waals surface area contributed by atoms with Gasteiger partial charge in [0.2, 0.25) is 0 Å². The first kappa shape index (κ1) is 11.4. The molecule has 88 valence electrons. The first-order valence-corrected chi connectivity index (χ1v) is 6.69. The van der Waals surface area contributed by atoms with Gasteiger partial charge in [-0.15, -0.1) is 0 Å². The quantitative estimate of drug-likeness (QED) is 0.768. The lowest BCUT2D eigenvalue weighted by Crippen LogP contribution is -2.60. The molecule has 1 N–H and O–H groups in total. The minimum absolute atomic E-state index is 0.746. The van der Waals surface area contributed by atoms with Crippen molar-refractivity contribution in [1.29, 1.82) is 0 Å². The van der Waals surface area contributed by atoms with Crippen molar-refractivity contribution in [3.63, 3.8) is 0 Å². The van der Waals surface area contributed by atoms with Gasteiger partial charge in [-0.3, -0.25) is 4.90 Å². The molecule has 0 aromatic carbocycles. The molecule has 2 fully saturated rings. The molecule has 2 atom stereocenters. The van der Waals surface area contributed by atoms with Crippen molar-refractivity contribution in [2.24, 2.45) is 5.92 Å². The highest BCUT2D eigenvalue weighted by atomic mass is 15.3. The molecule has 15 heavy (non-hydrogen) atoms. The predicted molar refractivity (Wildman–Crippen MR) is 65.1 cm³/mol. The molecule has 2 rings (SSSR count). The van der Waals surface area contributed by atoms with Gasteiger partial charge in [-0.1, -0.05) is 20.3 Å². The number of hydrogen-bond donors (Lipinski definition) is 1. The highest BCUT2D eigenvalue weighted by Crippen LogP contribution is 2.33. The maximum Gasteiger partial charge on any atom is 0.0196 e. The number of nitrogens with zero attached hydrogens (tertiary/aromatic N) is 1. The van der Waals surface area contributed by atoms with E-state index >= 15 is 0 Å². The summed E-state index contributed by atoms with van der Waals surface area (Å²) in [4.78, 5) is 2.76. The second kappa shape index (κ2) is 4.84. The maximum absolute atomic E-state index is 3.67. The van der Waals surface area contributed by atoms with E-state index in [0.29, 0.717) is 0 Å². The van der Waals surface area contributed by atoms with E-state index in [-0.39, 0.29) is 0 Å². The molecule has 1 saturated carbocycles. The summed E-state index contributed by atoms with van der Waals surface area (Å²) >= 11 is 0. The zero-order valence-electron chi connectivity index (χ0n) is 10.5. The van der Waals surface area contributed by atoms with Gasteiger partial charge in [0.15, 0.2) is 0 Å². The fraction of sp³-hybridized carbons (Fsp3) is 1.00. The lowest BCUT2D eigenvalue weighted by atomic mass is 9.79. The van der Waals surface area contributed by atoms with E-state index in [1.807, 2.05) is 0 Å². The normalized spacial score (nSPS) is 42.6. The van der Waals surface area contributed by atoms with Crippen LogP contribution in [-0.2, 0) is 0 Å². The molecule has 0 radical (unpaired) electrons. The summed E-state index contributed by atoms with van der Waals surface area (Å²) in [6, 6.07) is 2.40. The summed E-state index contributed by atoms with van der Waals surface area (Å²) in [5.74, 6) is 0.974. The minimum Gasteiger partial charge on any atom is -0.311 e. The lowest BCUT2D eigenvalue weighted by Gasteiger charge is -2.49. The molecule has 2 nitrogen and oxygen atoms in total. The average Bonchev–Trinajstić information content (AvgIpc) is 2.17. The molecule has 0 aromatic rings. The monoisotopic (exact) mass is 210 g/mol. The Hall–Kier alpha value is -0.0800. The van der Waals surface area contributed by atoms with Gasteiger partial charge in [0.25, 0.3) is 0 Å². The topological polar surface area (TPSA) is 15.3 Å². The van der Waals surface area contributed by atoms with E-state index < -0.39 is 0 Å². The Balaban J connectivity index is 1.85. The third kappa shape index (κ3) is 2.54. The Labute approximate surface area is 94.4 Å². The molecule has 1 heterocycles. The van der Waals surface area contributed by atoms with Crippen LogP contribution < -0.4 is 5.32 Å². The van der Waals surface area contributed by atoms with Crippen LogP contribution in [0.5, 0.6) is 0 Å². The van der Waals surface area contributed by atoms with Crippen LogP contribution in [0.25, 0.3) is 0 Å². The molecule has 0 spiro atoms. The number of hydrogen-bond acceptors (Lipinski definition) is 2. The number of rotatable bonds is 3. The fourth-order valence-corrected chi connectivity index (χ4v) is 3.13. The van der Waals surface area contributed by atoms with Gasteiger partial charge in [-0.2, -0.15) is 0 Å². The van der Waals surface area contributed by atoms with Crippen LogP contribution in [0.1, 0.15) is 46.5 Å². The van der Waals surface area contributed by atoms with E-state index in [0.717, 1.165) is 24.0 Å². The number of nitrogens with one attached hydrogen (secondary N) is 1. The van der Waals surface area contributed by atoms with E-state index in [2.05, 4.69) is 31.0 Å². The van der Waals surface area contributed by atoms with Crippen LogP contribution in [0.15, 0.2) is 0 Å². The predicted octanol–water partition coefficient (Wildman–Crippen LogP) is 2.25. The van der Waals surface area contributed by atoms with Crippen LogP contribution in [-0.4, -0.2) is 36.1 Å². The maximum atomic E-state index is 3.67. The van der Waals surface area contributed by atoms with Crippen LogP contribution >= 0.6 is 0 Å². The molecule has 2 aliphatic rings. The van der Waals surface area contributed by atoms with Crippen molar-refractivity contribution in [3.8, 4) is 0 Å². The van der Waals surface area contributed by atoms with Crippen molar-refractivity contribution in [2.45, 2.75) is 64.6 Å². The lowest BCUT2D eigenvalue weighted by molar-refractivity contribution is 0.0235. The summed E-state index contributed by atoms with van der Waals surface area (Å²) in [5.41, 5.74) is 0. The Bertz CT molecular complexity index is 199. The molecule has 1 aliphatic heterocycles. The summed E-state index contributed by atoms with van der Waals surface area (Å²) < 4.78 is 0. The third-order valence-electron chi connectivity index (χ3n) is 4.15. The van der Waals surface area contributed by atoms with Crippen LogP contribution in [0.4, 0.5) is 0 Å². The molecule has 1 saturated heterocycles. The van der Waals surface area contributed by atoms with Gasteiger partial charge >= 0.3 is 0 Å². The van der Waals surface area contributed by atoms with Gasteiger partial charge in [0.05, 0.1) is 0 Å². The van der Waals surface area contributed by atoms with E-state index in [1.54, 1.807) is 0 Å². The molecule has 0 bridgehead atoms. The van der Waals surface area contributed by atoms with E-state index in [4.69, 9.17) is 0 Å². The molecule has 0 aromatic heterocycles. The van der Waals surface area contributed by atoms with Gasteiger partial charge in [-0.25, -0.2) is 0 Å². The Morgan fingerprint density at radius 1 is 1.27 bits per heavy atom. The van der Waals surface area contributed by atoms with Gasteiger partial charge in [0.1, 0.15) is 0 Å². The molecular formula is C13H26N2. The van der Waals surface area contributed by atoms with Crippen molar-refractivity contribution in [2.75, 3.05) is 13.1 Å². The second-order valence-corrected chi connectivity index (χ2v) is 5.67. The van der Waals surface area contributed by atoms with Gasteiger partial charge in [0, 0.05) is 31.2 Å². The molecule has 0 amide bonds. The van der Waals surface area contributed by atoms with Crippen molar-refractivity contribution in [1.82, 2.24) is 10.2 Å². The average molecular weight is 210 g/mol. The second-order valence-electron chi connectivity index (χ2n) is 5.67. The Morgan fingerprint density at radius 3 is 2.60 bits per heavy atom. The molecular weight excluding hydrogens is 184 g/mol. The van der Waals surface area contributed by atoms with Gasteiger partial charge in [-0.05, 0) is 32.1 Å². The largest absolute Gasteiger partial charge is 0.311 e. The number of piperazine rings is 1. The first-order chi connectivity index (χ1) is 7.20. The smallest absolute Gasteiger partial charge is 0.0196 e. The van der Waals surface area contributed by atoms with Gasteiger partial charge < -0.3 is 5.32 Å². The zero-order chi connectivity index (χ0) is 10.8. The Kier molecular flexibility index (Phi) is 3.68. The van der Waals surface area contributed by atoms with Crippen molar-refractivity contribution in [3.05, 3.63) is 0 Å². The van der Waals surface area contributed by atoms with Crippen LogP contribution in [0.2, 0.25) is 0 Å². The molecule has 2 unspecified atom stereocenters. The summed E-state index contributed by atoms with van der Waals surface area (Å²) in [7, 11) is 0.